The second-order valence-electron chi connectivity index (χ2n) is 4.73. The van der Waals surface area contributed by atoms with E-state index in [-0.39, 0.29) is 5.60 Å². The summed E-state index contributed by atoms with van der Waals surface area (Å²) >= 11 is 0. The van der Waals surface area contributed by atoms with Gasteiger partial charge >= 0.3 is 0 Å². The summed E-state index contributed by atoms with van der Waals surface area (Å²) in [5.74, 6) is 0. The normalized spacial score (nSPS) is 31.5. The van der Waals surface area contributed by atoms with Gasteiger partial charge in [-0.1, -0.05) is 31.9 Å². The molecule has 1 heterocycles. The van der Waals surface area contributed by atoms with Gasteiger partial charge in [0.15, 0.2) is 6.29 Å². The van der Waals surface area contributed by atoms with Gasteiger partial charge in [-0.2, -0.15) is 0 Å². The van der Waals surface area contributed by atoms with Crippen LogP contribution in [-0.2, 0) is 4.74 Å². The van der Waals surface area contributed by atoms with Gasteiger partial charge in [-0.3, -0.25) is 0 Å². The molecule has 0 aromatic rings. The van der Waals surface area contributed by atoms with Gasteiger partial charge in [0.25, 0.3) is 0 Å². The molecule has 88 valence electrons. The van der Waals surface area contributed by atoms with E-state index in [2.05, 4.69) is 26.0 Å². The first-order valence-electron chi connectivity index (χ1n) is 6.17. The summed E-state index contributed by atoms with van der Waals surface area (Å²) in [4.78, 5) is 0. The van der Waals surface area contributed by atoms with Crippen molar-refractivity contribution in [2.75, 3.05) is 0 Å². The van der Waals surface area contributed by atoms with Crippen LogP contribution in [0.3, 0.4) is 0 Å². The van der Waals surface area contributed by atoms with Gasteiger partial charge in [-0.25, -0.2) is 0 Å². The first-order chi connectivity index (χ1) is 7.16. The lowest BCUT2D eigenvalue weighted by atomic mass is 9.98. The van der Waals surface area contributed by atoms with Gasteiger partial charge in [0.1, 0.15) is 0 Å². The number of unbranched alkanes of at least 4 members (excludes halogenated alkanes) is 3. The van der Waals surface area contributed by atoms with Gasteiger partial charge in [0.05, 0.1) is 5.60 Å². The minimum atomic E-state index is -0.538. The minimum Gasteiger partial charge on any atom is -0.368 e. The second-order valence-corrected chi connectivity index (χ2v) is 4.73. The number of ether oxygens (including phenoxy) is 1. The van der Waals surface area contributed by atoms with Crippen molar-refractivity contribution in [2.45, 2.75) is 70.7 Å². The molecule has 2 heteroatoms. The van der Waals surface area contributed by atoms with Crippen molar-refractivity contribution in [2.24, 2.45) is 0 Å². The lowest BCUT2D eigenvalue weighted by Crippen LogP contribution is -2.23. The van der Waals surface area contributed by atoms with Crippen LogP contribution in [0.1, 0.15) is 58.8 Å². The van der Waals surface area contributed by atoms with Crippen LogP contribution in [0.15, 0.2) is 12.2 Å². The molecule has 0 aromatic carbocycles. The Morgan fingerprint density at radius 2 is 2.20 bits per heavy atom. The van der Waals surface area contributed by atoms with Gasteiger partial charge < -0.3 is 9.84 Å². The summed E-state index contributed by atoms with van der Waals surface area (Å²) in [6.07, 6.45) is 11.6. The Labute approximate surface area is 93.3 Å². The van der Waals surface area contributed by atoms with Crippen LogP contribution >= 0.6 is 0 Å². The van der Waals surface area contributed by atoms with E-state index in [9.17, 15) is 5.11 Å². The van der Waals surface area contributed by atoms with E-state index in [0.29, 0.717) is 0 Å². The average Bonchev–Trinajstić information content (AvgIpc) is 2.53. The molecule has 1 N–H and O–H groups in total. The van der Waals surface area contributed by atoms with Crippen LogP contribution in [0.25, 0.3) is 0 Å². The molecule has 1 rings (SSSR count). The molecule has 1 aliphatic heterocycles. The maximum atomic E-state index is 9.29. The van der Waals surface area contributed by atoms with Gasteiger partial charge in [0, 0.05) is 6.42 Å². The zero-order chi connectivity index (χ0) is 11.1. The maximum absolute atomic E-state index is 9.29. The Morgan fingerprint density at radius 1 is 1.40 bits per heavy atom. The van der Waals surface area contributed by atoms with Crippen LogP contribution in [-0.4, -0.2) is 17.0 Å². The largest absolute Gasteiger partial charge is 0.368 e. The zero-order valence-corrected chi connectivity index (χ0v) is 10.0. The fraction of sp³-hybridized carbons (Fsp3) is 0.846. The fourth-order valence-corrected chi connectivity index (χ4v) is 1.99. The molecule has 1 unspecified atom stereocenters. The van der Waals surface area contributed by atoms with Crippen LogP contribution in [0.2, 0.25) is 0 Å². The van der Waals surface area contributed by atoms with Crippen LogP contribution in [0, 0.1) is 0 Å². The highest BCUT2D eigenvalue weighted by Crippen LogP contribution is 2.32. The molecule has 0 bridgehead atoms. The lowest BCUT2D eigenvalue weighted by molar-refractivity contribution is -0.128. The monoisotopic (exact) mass is 212 g/mol. The molecule has 0 aromatic heterocycles. The smallest absolute Gasteiger partial charge is 0.155 e. The Morgan fingerprint density at radius 3 is 2.80 bits per heavy atom. The van der Waals surface area contributed by atoms with Crippen LogP contribution in [0.4, 0.5) is 0 Å². The molecule has 0 aliphatic carbocycles. The van der Waals surface area contributed by atoms with Crippen molar-refractivity contribution in [3.63, 3.8) is 0 Å². The summed E-state index contributed by atoms with van der Waals surface area (Å²) in [6, 6.07) is 0. The van der Waals surface area contributed by atoms with Crippen LogP contribution < -0.4 is 0 Å². The first-order valence-corrected chi connectivity index (χ1v) is 6.17. The standard InChI is InChI=1S/C13H24O2/c1-3-4-5-6-7-8-10-13(2)11-9-12(14)15-13/h7-8,12,14H,3-6,9-11H2,1-2H3/b8-7+/t12?,13-/m1/s1. The number of hydrogen-bond donors (Lipinski definition) is 1. The highest BCUT2D eigenvalue weighted by Gasteiger charge is 2.33. The third kappa shape index (κ3) is 4.80. The summed E-state index contributed by atoms with van der Waals surface area (Å²) in [7, 11) is 0. The second kappa shape index (κ2) is 6.29. The third-order valence-electron chi connectivity index (χ3n) is 3.03. The molecule has 2 atom stereocenters. The van der Waals surface area contributed by atoms with E-state index in [0.717, 1.165) is 19.3 Å². The molecule has 1 aliphatic rings. The molecular weight excluding hydrogens is 188 g/mol. The lowest BCUT2D eigenvalue weighted by Gasteiger charge is -2.21. The number of rotatable bonds is 6. The summed E-state index contributed by atoms with van der Waals surface area (Å²) in [5, 5.41) is 9.29. The maximum Gasteiger partial charge on any atom is 0.155 e. The van der Waals surface area contributed by atoms with Crippen molar-refractivity contribution in [1.82, 2.24) is 0 Å². The van der Waals surface area contributed by atoms with E-state index < -0.39 is 6.29 Å². The molecule has 1 saturated heterocycles. The van der Waals surface area contributed by atoms with Crippen molar-refractivity contribution < 1.29 is 9.84 Å². The fourth-order valence-electron chi connectivity index (χ4n) is 1.99. The number of hydrogen-bond acceptors (Lipinski definition) is 2. The van der Waals surface area contributed by atoms with E-state index in [1.165, 1.54) is 25.7 Å². The van der Waals surface area contributed by atoms with Crippen molar-refractivity contribution >= 4 is 0 Å². The quantitative estimate of drug-likeness (QED) is 0.540. The molecule has 15 heavy (non-hydrogen) atoms. The van der Waals surface area contributed by atoms with E-state index in [4.69, 9.17) is 4.74 Å². The van der Waals surface area contributed by atoms with E-state index in [1.807, 2.05) is 0 Å². The predicted molar refractivity (Wildman–Crippen MR) is 62.6 cm³/mol. The van der Waals surface area contributed by atoms with Gasteiger partial charge in [0.2, 0.25) is 0 Å². The first kappa shape index (κ1) is 12.7. The van der Waals surface area contributed by atoms with Crippen molar-refractivity contribution in [1.29, 1.82) is 0 Å². The summed E-state index contributed by atoms with van der Waals surface area (Å²) in [6.45, 7) is 4.30. The van der Waals surface area contributed by atoms with Crippen LogP contribution in [0.5, 0.6) is 0 Å². The molecule has 1 fully saturated rings. The molecule has 0 spiro atoms. The third-order valence-corrected chi connectivity index (χ3v) is 3.03. The summed E-state index contributed by atoms with van der Waals surface area (Å²) in [5.41, 5.74) is -0.124. The highest BCUT2D eigenvalue weighted by molar-refractivity contribution is 4.92. The highest BCUT2D eigenvalue weighted by atomic mass is 16.6. The Bertz CT molecular complexity index is 201. The van der Waals surface area contributed by atoms with Crippen molar-refractivity contribution in [3.05, 3.63) is 12.2 Å². The number of aliphatic hydroxyl groups is 1. The molecule has 0 saturated carbocycles. The predicted octanol–water partition coefficient (Wildman–Crippen LogP) is 3.40. The zero-order valence-electron chi connectivity index (χ0n) is 10.0. The number of aliphatic hydroxyl groups excluding tert-OH is 1. The molecular formula is C13H24O2. The molecule has 2 nitrogen and oxygen atoms in total. The Hall–Kier alpha value is -0.340. The topological polar surface area (TPSA) is 29.5 Å². The minimum absolute atomic E-state index is 0.124. The molecule has 0 radical (unpaired) electrons. The average molecular weight is 212 g/mol. The van der Waals surface area contributed by atoms with Gasteiger partial charge in [-0.15, -0.1) is 0 Å². The van der Waals surface area contributed by atoms with E-state index in [1.54, 1.807) is 0 Å². The Balaban J connectivity index is 2.13. The Kier molecular flexibility index (Phi) is 5.34. The summed E-state index contributed by atoms with van der Waals surface area (Å²) < 4.78 is 5.48. The molecule has 0 amide bonds. The van der Waals surface area contributed by atoms with E-state index >= 15 is 0 Å². The van der Waals surface area contributed by atoms with Crippen molar-refractivity contribution in [3.8, 4) is 0 Å². The number of allylic oxidation sites excluding steroid dienone is 1. The SMILES string of the molecule is CCCCC/C=C/C[C@]1(C)CCC(O)O1. The van der Waals surface area contributed by atoms with Gasteiger partial charge in [-0.05, 0) is 32.6 Å².